The molecule has 1 unspecified atom stereocenters. The van der Waals surface area contributed by atoms with Gasteiger partial charge in [0.05, 0.1) is 15.6 Å². The summed E-state index contributed by atoms with van der Waals surface area (Å²) in [4.78, 5) is 0. The van der Waals surface area contributed by atoms with Gasteiger partial charge in [-0.15, -0.1) is 0 Å². The lowest BCUT2D eigenvalue weighted by molar-refractivity contribution is 0.106. The lowest BCUT2D eigenvalue weighted by atomic mass is 10.0. The highest BCUT2D eigenvalue weighted by molar-refractivity contribution is 6.39. The fraction of sp³-hybridized carbons (Fsp3) is 0.308. The first-order valence-corrected chi connectivity index (χ1v) is 6.75. The monoisotopic (exact) mass is 298 g/mol. The predicted molar refractivity (Wildman–Crippen MR) is 74.3 cm³/mol. The van der Waals surface area contributed by atoms with Crippen LogP contribution in [0.15, 0.2) is 22.7 Å². The third-order valence-corrected chi connectivity index (χ3v) is 3.82. The number of halogens is 2. The highest BCUT2D eigenvalue weighted by Crippen LogP contribution is 2.43. The van der Waals surface area contributed by atoms with Crippen molar-refractivity contribution in [3.63, 3.8) is 0 Å². The van der Waals surface area contributed by atoms with Crippen molar-refractivity contribution in [3.8, 4) is 11.1 Å². The number of nitrogens with two attached hydrogens (primary N) is 1. The number of nitrogen functional groups attached to an aromatic ring is 1. The largest absolute Gasteiger partial charge is 0.372 e. The summed E-state index contributed by atoms with van der Waals surface area (Å²) in [5, 5.41) is 5.04. The van der Waals surface area contributed by atoms with E-state index < -0.39 is 0 Å². The number of benzene rings is 1. The Balaban J connectivity index is 2.16. The Bertz CT molecular complexity index is 586. The molecule has 2 aromatic rings. The summed E-state index contributed by atoms with van der Waals surface area (Å²) in [5.74, 6) is 0.209. The zero-order valence-electron chi connectivity index (χ0n) is 10.0. The minimum Gasteiger partial charge on any atom is -0.372 e. The van der Waals surface area contributed by atoms with Gasteiger partial charge in [0.15, 0.2) is 0 Å². The van der Waals surface area contributed by atoms with E-state index in [9.17, 15) is 0 Å². The predicted octanol–water partition coefficient (Wildman–Crippen LogP) is 4.08. The third-order valence-electron chi connectivity index (χ3n) is 3.19. The summed E-state index contributed by atoms with van der Waals surface area (Å²) in [6.45, 7) is 0.715. The van der Waals surface area contributed by atoms with Crippen molar-refractivity contribution >= 4 is 29.1 Å². The molecule has 2 N–H and O–H groups in total. The number of rotatable bonds is 2. The first kappa shape index (κ1) is 12.8. The first-order chi connectivity index (χ1) is 9.18. The Hall–Kier alpha value is -1.23. The molecule has 3 rings (SSSR count). The minimum absolute atomic E-state index is 0.108. The van der Waals surface area contributed by atoms with Crippen LogP contribution in [0.2, 0.25) is 10.0 Å². The van der Waals surface area contributed by atoms with Crippen molar-refractivity contribution in [3.05, 3.63) is 33.9 Å². The number of anilines is 1. The van der Waals surface area contributed by atoms with E-state index in [4.69, 9.17) is 38.2 Å². The van der Waals surface area contributed by atoms with Gasteiger partial charge in [-0.1, -0.05) is 34.4 Å². The van der Waals surface area contributed by atoms with Gasteiger partial charge in [-0.05, 0) is 25.0 Å². The molecule has 0 aliphatic carbocycles. The van der Waals surface area contributed by atoms with Gasteiger partial charge in [0.2, 0.25) is 5.88 Å². The Morgan fingerprint density at radius 2 is 1.95 bits per heavy atom. The van der Waals surface area contributed by atoms with Crippen LogP contribution in [0.3, 0.4) is 0 Å². The average molecular weight is 299 g/mol. The third kappa shape index (κ3) is 2.20. The second-order valence-corrected chi connectivity index (χ2v) is 5.22. The van der Waals surface area contributed by atoms with Crippen LogP contribution in [-0.4, -0.2) is 11.8 Å². The number of ether oxygens (including phenoxy) is 1. The van der Waals surface area contributed by atoms with Crippen molar-refractivity contribution in [2.24, 2.45) is 0 Å². The average Bonchev–Trinajstić information content (AvgIpc) is 2.99. The molecule has 6 heteroatoms. The lowest BCUT2D eigenvalue weighted by Gasteiger charge is -2.10. The number of hydrogen-bond acceptors (Lipinski definition) is 4. The minimum atomic E-state index is -0.108. The maximum absolute atomic E-state index is 6.22. The van der Waals surface area contributed by atoms with Crippen LogP contribution >= 0.6 is 23.2 Å². The molecule has 100 valence electrons. The highest BCUT2D eigenvalue weighted by Gasteiger charge is 2.29. The molecule has 0 amide bonds. The summed E-state index contributed by atoms with van der Waals surface area (Å²) >= 11 is 12.4. The molecule has 0 bridgehead atoms. The molecule has 0 spiro atoms. The van der Waals surface area contributed by atoms with Crippen LogP contribution in [0.1, 0.15) is 24.6 Å². The van der Waals surface area contributed by atoms with Crippen LogP contribution in [0.4, 0.5) is 5.88 Å². The fourth-order valence-electron chi connectivity index (χ4n) is 2.32. The Labute approximate surface area is 120 Å². The van der Waals surface area contributed by atoms with E-state index >= 15 is 0 Å². The van der Waals surface area contributed by atoms with E-state index in [-0.39, 0.29) is 12.0 Å². The SMILES string of the molecule is Nc1onc(C2CCCO2)c1-c1c(Cl)cccc1Cl. The van der Waals surface area contributed by atoms with Crippen molar-refractivity contribution in [1.82, 2.24) is 5.16 Å². The van der Waals surface area contributed by atoms with Crippen LogP contribution in [-0.2, 0) is 4.74 Å². The Morgan fingerprint density at radius 1 is 1.21 bits per heavy atom. The zero-order valence-corrected chi connectivity index (χ0v) is 11.5. The standard InChI is InChI=1S/C13H12Cl2N2O2/c14-7-3-1-4-8(15)10(7)11-12(17-19-13(11)16)9-5-2-6-18-9/h1,3-4,9H,2,5-6,16H2. The van der Waals surface area contributed by atoms with Crippen LogP contribution < -0.4 is 5.73 Å². The summed E-state index contributed by atoms with van der Waals surface area (Å²) in [5.41, 5.74) is 7.84. The second-order valence-electron chi connectivity index (χ2n) is 4.41. The maximum Gasteiger partial charge on any atom is 0.230 e. The molecule has 19 heavy (non-hydrogen) atoms. The highest BCUT2D eigenvalue weighted by atomic mass is 35.5. The van der Waals surface area contributed by atoms with Crippen LogP contribution in [0.25, 0.3) is 11.1 Å². The van der Waals surface area contributed by atoms with Crippen molar-refractivity contribution in [2.75, 3.05) is 12.3 Å². The van der Waals surface area contributed by atoms with E-state index in [1.165, 1.54) is 0 Å². The molecule has 1 aromatic heterocycles. The van der Waals surface area contributed by atoms with E-state index in [0.29, 0.717) is 33.5 Å². The van der Waals surface area contributed by atoms with Crippen LogP contribution in [0.5, 0.6) is 0 Å². The molecule has 1 aliphatic heterocycles. The molecule has 1 fully saturated rings. The van der Waals surface area contributed by atoms with Gasteiger partial charge in [-0.2, -0.15) is 0 Å². The molecule has 1 aliphatic rings. The Kier molecular flexibility index (Phi) is 3.39. The van der Waals surface area contributed by atoms with Crippen molar-refractivity contribution in [1.29, 1.82) is 0 Å². The second kappa shape index (κ2) is 5.04. The molecular weight excluding hydrogens is 287 g/mol. The molecule has 1 atom stereocenters. The van der Waals surface area contributed by atoms with Gasteiger partial charge in [0.25, 0.3) is 0 Å². The van der Waals surface area contributed by atoms with E-state index in [1.54, 1.807) is 18.2 Å². The molecule has 2 heterocycles. The zero-order chi connectivity index (χ0) is 13.4. The van der Waals surface area contributed by atoms with E-state index in [1.807, 2.05) is 0 Å². The smallest absolute Gasteiger partial charge is 0.230 e. The maximum atomic E-state index is 6.22. The topological polar surface area (TPSA) is 61.3 Å². The summed E-state index contributed by atoms with van der Waals surface area (Å²) in [7, 11) is 0. The van der Waals surface area contributed by atoms with Crippen molar-refractivity contribution in [2.45, 2.75) is 18.9 Å². The molecular formula is C13H12Cl2N2O2. The molecule has 1 aromatic carbocycles. The normalized spacial score (nSPS) is 18.9. The van der Waals surface area contributed by atoms with Gasteiger partial charge in [-0.3, -0.25) is 0 Å². The number of nitrogens with zero attached hydrogens (tertiary/aromatic N) is 1. The fourth-order valence-corrected chi connectivity index (χ4v) is 2.90. The molecule has 0 radical (unpaired) electrons. The van der Waals surface area contributed by atoms with Crippen LogP contribution in [0, 0.1) is 0 Å². The quantitative estimate of drug-likeness (QED) is 0.907. The van der Waals surface area contributed by atoms with Gasteiger partial charge < -0.3 is 15.0 Å². The van der Waals surface area contributed by atoms with Gasteiger partial charge >= 0.3 is 0 Å². The van der Waals surface area contributed by atoms with Gasteiger partial charge in [0, 0.05) is 12.2 Å². The van der Waals surface area contributed by atoms with Crippen molar-refractivity contribution < 1.29 is 9.26 Å². The Morgan fingerprint density at radius 3 is 2.58 bits per heavy atom. The summed E-state index contributed by atoms with van der Waals surface area (Å²) in [6.07, 6.45) is 1.78. The van der Waals surface area contributed by atoms with E-state index in [0.717, 1.165) is 12.8 Å². The first-order valence-electron chi connectivity index (χ1n) is 5.99. The molecule has 0 saturated carbocycles. The number of hydrogen-bond donors (Lipinski definition) is 1. The van der Waals surface area contributed by atoms with Gasteiger partial charge in [-0.25, -0.2) is 0 Å². The van der Waals surface area contributed by atoms with E-state index in [2.05, 4.69) is 5.16 Å². The summed E-state index contributed by atoms with van der Waals surface area (Å²) in [6, 6.07) is 5.30. The van der Waals surface area contributed by atoms with Gasteiger partial charge in [0.1, 0.15) is 11.8 Å². The summed E-state index contributed by atoms with van der Waals surface area (Å²) < 4.78 is 10.7. The molecule has 1 saturated heterocycles. The lowest BCUT2D eigenvalue weighted by Crippen LogP contribution is -1.99. The number of aromatic nitrogens is 1. The molecule has 4 nitrogen and oxygen atoms in total.